The molecule has 2 N–H and O–H groups in total. The van der Waals surface area contributed by atoms with Gasteiger partial charge in [-0.3, -0.25) is 5.43 Å². The third-order valence-electron chi connectivity index (χ3n) is 3.36. The summed E-state index contributed by atoms with van der Waals surface area (Å²) in [6, 6.07) is 16.0. The van der Waals surface area contributed by atoms with Crippen LogP contribution < -0.4 is 10.2 Å². The number of nitrogens with zero attached hydrogens (tertiary/aromatic N) is 3. The molecular weight excluding hydrogens is 336 g/mol. The van der Waals surface area contributed by atoms with Crippen molar-refractivity contribution in [3.63, 3.8) is 0 Å². The summed E-state index contributed by atoms with van der Waals surface area (Å²) in [5.41, 5.74) is 5.36. The molecule has 3 aromatic rings. The molecule has 0 aliphatic rings. The van der Waals surface area contributed by atoms with E-state index >= 15 is 0 Å². The van der Waals surface area contributed by atoms with Gasteiger partial charge in [0.15, 0.2) is 10.7 Å². The number of hydrogen-bond donors (Lipinski definition) is 2. The maximum Gasteiger partial charge on any atom is 0.196 e. The zero-order valence-electron chi connectivity index (χ0n) is 13.3. The number of aromatic hydroxyl groups is 1. The van der Waals surface area contributed by atoms with Crippen LogP contribution in [0.5, 0.6) is 11.5 Å². The van der Waals surface area contributed by atoms with E-state index in [4.69, 9.17) is 4.74 Å². The van der Waals surface area contributed by atoms with Crippen LogP contribution in [0.25, 0.3) is 11.3 Å². The topological polar surface area (TPSA) is 90.5 Å². The van der Waals surface area contributed by atoms with Crippen LogP contribution in [0.2, 0.25) is 0 Å². The largest absolute Gasteiger partial charge is 0.508 e. The molecule has 2 aromatic carbocycles. The van der Waals surface area contributed by atoms with Gasteiger partial charge in [-0.1, -0.05) is 0 Å². The molecule has 0 saturated carbocycles. The van der Waals surface area contributed by atoms with Gasteiger partial charge in [-0.05, 0) is 48.5 Å². The van der Waals surface area contributed by atoms with Gasteiger partial charge in [0.1, 0.15) is 17.6 Å². The second kappa shape index (κ2) is 7.47. The molecule has 124 valence electrons. The predicted octanol–water partition coefficient (Wildman–Crippen LogP) is 3.86. The number of anilines is 1. The minimum absolute atomic E-state index is 0.166. The smallest absolute Gasteiger partial charge is 0.196 e. The second-order valence-corrected chi connectivity index (χ2v) is 5.86. The number of methoxy groups -OCH3 is 1. The van der Waals surface area contributed by atoms with E-state index in [-0.39, 0.29) is 11.5 Å². The Labute approximate surface area is 148 Å². The van der Waals surface area contributed by atoms with Crippen molar-refractivity contribution in [2.45, 2.75) is 0 Å². The van der Waals surface area contributed by atoms with Crippen molar-refractivity contribution in [1.82, 2.24) is 4.98 Å². The first kappa shape index (κ1) is 16.5. The summed E-state index contributed by atoms with van der Waals surface area (Å²) in [6.07, 6.45) is 0. The van der Waals surface area contributed by atoms with Crippen LogP contribution in [0, 0.1) is 11.3 Å². The van der Waals surface area contributed by atoms with Gasteiger partial charge < -0.3 is 9.84 Å². The highest BCUT2D eigenvalue weighted by Gasteiger charge is 2.10. The minimum Gasteiger partial charge on any atom is -0.508 e. The lowest BCUT2D eigenvalue weighted by atomic mass is 10.2. The molecule has 1 aromatic heterocycles. The van der Waals surface area contributed by atoms with Crippen LogP contribution in [-0.2, 0) is 0 Å². The summed E-state index contributed by atoms with van der Waals surface area (Å²) >= 11 is 1.35. The molecule has 0 aliphatic heterocycles. The third-order valence-corrected chi connectivity index (χ3v) is 4.21. The van der Waals surface area contributed by atoms with Gasteiger partial charge in [0.25, 0.3) is 0 Å². The Bertz CT molecular complexity index is 925. The number of nitrogens with one attached hydrogen (secondary N) is 1. The number of hydrazone groups is 1. The maximum absolute atomic E-state index is 9.34. The summed E-state index contributed by atoms with van der Waals surface area (Å²) in [7, 11) is 1.62. The summed E-state index contributed by atoms with van der Waals surface area (Å²) in [5.74, 6) is 0.940. The van der Waals surface area contributed by atoms with Crippen LogP contribution in [0.1, 0.15) is 5.01 Å². The van der Waals surface area contributed by atoms with Gasteiger partial charge in [-0.15, -0.1) is 11.3 Å². The van der Waals surface area contributed by atoms with Crippen molar-refractivity contribution >= 4 is 22.7 Å². The summed E-state index contributed by atoms with van der Waals surface area (Å²) < 4.78 is 5.14. The summed E-state index contributed by atoms with van der Waals surface area (Å²) in [4.78, 5) is 4.48. The van der Waals surface area contributed by atoms with E-state index in [0.717, 1.165) is 17.0 Å². The van der Waals surface area contributed by atoms with Crippen LogP contribution in [0.3, 0.4) is 0 Å². The normalized spacial score (nSPS) is 11.0. The molecular formula is C18H14N4O2S. The van der Waals surface area contributed by atoms with Gasteiger partial charge >= 0.3 is 0 Å². The Morgan fingerprint density at radius 3 is 2.56 bits per heavy atom. The first-order chi connectivity index (χ1) is 12.2. The fraction of sp³-hybridized carbons (Fsp3) is 0.0556. The van der Waals surface area contributed by atoms with Gasteiger partial charge in [0, 0.05) is 10.9 Å². The zero-order valence-corrected chi connectivity index (χ0v) is 14.1. The highest BCUT2D eigenvalue weighted by molar-refractivity contribution is 7.12. The molecule has 0 radical (unpaired) electrons. The van der Waals surface area contributed by atoms with Crippen LogP contribution >= 0.6 is 11.3 Å². The number of benzene rings is 2. The van der Waals surface area contributed by atoms with Crippen molar-refractivity contribution in [3.8, 4) is 28.8 Å². The first-order valence-corrected chi connectivity index (χ1v) is 8.20. The van der Waals surface area contributed by atoms with Crippen molar-refractivity contribution < 1.29 is 9.84 Å². The van der Waals surface area contributed by atoms with Crippen LogP contribution in [0.15, 0.2) is 59.0 Å². The van der Waals surface area contributed by atoms with Gasteiger partial charge in [-0.25, -0.2) is 4.98 Å². The van der Waals surface area contributed by atoms with Gasteiger partial charge in [0.2, 0.25) is 0 Å². The molecule has 6 nitrogen and oxygen atoms in total. The molecule has 3 rings (SSSR count). The fourth-order valence-electron chi connectivity index (χ4n) is 2.05. The quantitative estimate of drug-likeness (QED) is 0.414. The van der Waals surface area contributed by atoms with Crippen LogP contribution in [0.4, 0.5) is 5.69 Å². The number of thiazole rings is 1. The lowest BCUT2D eigenvalue weighted by molar-refractivity contribution is 0.415. The Hall–Kier alpha value is -3.37. The van der Waals surface area contributed by atoms with E-state index in [1.54, 1.807) is 19.2 Å². The molecule has 0 aliphatic carbocycles. The zero-order chi connectivity index (χ0) is 17.6. The lowest BCUT2D eigenvalue weighted by Crippen LogP contribution is -2.01. The predicted molar refractivity (Wildman–Crippen MR) is 98.0 cm³/mol. The third kappa shape index (κ3) is 3.94. The molecule has 0 bridgehead atoms. The van der Waals surface area contributed by atoms with E-state index in [0.29, 0.717) is 10.7 Å². The Kier molecular flexibility index (Phi) is 4.92. The number of rotatable bonds is 5. The van der Waals surface area contributed by atoms with E-state index < -0.39 is 0 Å². The van der Waals surface area contributed by atoms with Gasteiger partial charge in [-0.2, -0.15) is 10.4 Å². The number of phenols is 1. The van der Waals surface area contributed by atoms with E-state index in [1.165, 1.54) is 23.5 Å². The van der Waals surface area contributed by atoms with Crippen LogP contribution in [-0.4, -0.2) is 22.9 Å². The molecule has 0 amide bonds. The van der Waals surface area contributed by atoms with Crippen molar-refractivity contribution in [1.29, 1.82) is 5.26 Å². The molecule has 1 heterocycles. The molecule has 0 saturated heterocycles. The van der Waals surface area contributed by atoms with Gasteiger partial charge in [0.05, 0.1) is 18.5 Å². The molecule has 7 heteroatoms. The highest BCUT2D eigenvalue weighted by atomic mass is 32.1. The Morgan fingerprint density at radius 2 is 1.92 bits per heavy atom. The Morgan fingerprint density at radius 1 is 1.20 bits per heavy atom. The first-order valence-electron chi connectivity index (χ1n) is 7.33. The van der Waals surface area contributed by atoms with Crippen molar-refractivity contribution in [2.24, 2.45) is 5.10 Å². The molecule has 0 fully saturated rings. The Balaban J connectivity index is 1.79. The van der Waals surface area contributed by atoms with E-state index in [1.807, 2.05) is 35.7 Å². The lowest BCUT2D eigenvalue weighted by Gasteiger charge is -2.01. The monoisotopic (exact) mass is 350 g/mol. The second-order valence-electron chi connectivity index (χ2n) is 5.00. The van der Waals surface area contributed by atoms with E-state index in [9.17, 15) is 10.4 Å². The van der Waals surface area contributed by atoms with E-state index in [2.05, 4.69) is 15.5 Å². The number of hydrogen-bond acceptors (Lipinski definition) is 7. The average molecular weight is 350 g/mol. The standard InChI is InChI=1S/C18H14N4O2S/c1-24-15-8-2-12(3-9-15)17-11-25-18(20-17)16(10-19)22-21-13-4-6-14(23)7-5-13/h2-9,11,21,23H,1H3/b22-16-. The highest BCUT2D eigenvalue weighted by Crippen LogP contribution is 2.24. The number of phenolic OH excluding ortho intramolecular Hbond substituents is 1. The fourth-order valence-corrected chi connectivity index (χ4v) is 2.82. The average Bonchev–Trinajstić information content (AvgIpc) is 3.14. The van der Waals surface area contributed by atoms with Crippen molar-refractivity contribution in [2.75, 3.05) is 12.5 Å². The maximum atomic E-state index is 9.34. The number of aromatic nitrogens is 1. The molecule has 0 spiro atoms. The number of ether oxygens (including phenoxy) is 1. The SMILES string of the molecule is COc1ccc(-c2csc(/C(C#N)=N\Nc3ccc(O)cc3)n2)cc1. The van der Waals surface area contributed by atoms with Crippen molar-refractivity contribution in [3.05, 3.63) is 58.9 Å². The summed E-state index contributed by atoms with van der Waals surface area (Å²) in [5, 5.41) is 25.1. The molecule has 0 atom stereocenters. The minimum atomic E-state index is 0.166. The summed E-state index contributed by atoms with van der Waals surface area (Å²) in [6.45, 7) is 0. The molecule has 0 unspecified atom stereocenters. The number of nitriles is 1. The molecule has 25 heavy (non-hydrogen) atoms.